The van der Waals surface area contributed by atoms with E-state index in [1.807, 2.05) is 0 Å². The first-order chi connectivity index (χ1) is 9.03. The number of pyridine rings is 1. The Hall–Kier alpha value is -2.08. The monoisotopic (exact) mass is 278 g/mol. The van der Waals surface area contributed by atoms with Crippen molar-refractivity contribution in [1.82, 2.24) is 4.98 Å². The van der Waals surface area contributed by atoms with Crippen LogP contribution in [0, 0.1) is 0 Å². The van der Waals surface area contributed by atoms with Crippen molar-refractivity contribution in [2.45, 2.75) is 10.8 Å². The molecule has 0 aliphatic heterocycles. The van der Waals surface area contributed by atoms with Crippen LogP contribution in [0.1, 0.15) is 5.56 Å². The van der Waals surface area contributed by atoms with E-state index in [1.54, 1.807) is 37.4 Å². The number of methoxy groups -OCH3 is 1. The van der Waals surface area contributed by atoms with Crippen LogP contribution in [0.4, 0.5) is 5.69 Å². The maximum Gasteiger partial charge on any atom is 0.201 e. The van der Waals surface area contributed by atoms with Crippen molar-refractivity contribution in [1.29, 1.82) is 0 Å². The number of ether oxygens (including phenoxy) is 1. The highest BCUT2D eigenvalue weighted by atomic mass is 32.2. The Morgan fingerprint density at radius 3 is 2.47 bits per heavy atom. The minimum atomic E-state index is -3.54. The predicted octanol–water partition coefficient (Wildman–Crippen LogP) is 1.65. The molecule has 0 atom stereocenters. The summed E-state index contributed by atoms with van der Waals surface area (Å²) in [4.78, 5) is 3.84. The molecule has 0 spiro atoms. The molecule has 0 saturated heterocycles. The number of nitrogen functional groups attached to an aromatic ring is 1. The Kier molecular flexibility index (Phi) is 3.71. The minimum Gasteiger partial charge on any atom is -0.497 e. The third kappa shape index (κ3) is 3.03. The van der Waals surface area contributed by atoms with Gasteiger partial charge < -0.3 is 10.5 Å². The van der Waals surface area contributed by atoms with Gasteiger partial charge in [0.25, 0.3) is 0 Å². The van der Waals surface area contributed by atoms with E-state index in [0.717, 1.165) is 0 Å². The number of sulfone groups is 1. The fraction of sp³-hybridized carbons (Fsp3) is 0.154. The molecule has 19 heavy (non-hydrogen) atoms. The van der Waals surface area contributed by atoms with Gasteiger partial charge in [0, 0.05) is 6.20 Å². The molecule has 0 saturated carbocycles. The van der Waals surface area contributed by atoms with Crippen molar-refractivity contribution >= 4 is 15.5 Å². The standard InChI is InChI=1S/C13H14N2O3S/c1-18-11-6-4-10(5-7-11)9-19(16,17)13-12(14)3-2-8-15-13/h2-8H,9,14H2,1H3. The third-order valence-corrected chi connectivity index (χ3v) is 4.25. The molecule has 0 amide bonds. The highest BCUT2D eigenvalue weighted by Gasteiger charge is 2.19. The van der Waals surface area contributed by atoms with E-state index in [4.69, 9.17) is 10.5 Å². The fourth-order valence-electron chi connectivity index (χ4n) is 1.67. The van der Waals surface area contributed by atoms with Gasteiger partial charge in [-0.15, -0.1) is 0 Å². The number of aromatic nitrogens is 1. The lowest BCUT2D eigenvalue weighted by atomic mass is 10.2. The summed E-state index contributed by atoms with van der Waals surface area (Å²) in [6.45, 7) is 0. The van der Waals surface area contributed by atoms with Gasteiger partial charge in [-0.05, 0) is 29.8 Å². The molecule has 0 fully saturated rings. The zero-order valence-electron chi connectivity index (χ0n) is 10.4. The van der Waals surface area contributed by atoms with E-state index >= 15 is 0 Å². The summed E-state index contributed by atoms with van der Waals surface area (Å²) in [6, 6.07) is 9.96. The average Bonchev–Trinajstić information content (AvgIpc) is 2.39. The molecule has 2 rings (SSSR count). The molecule has 1 heterocycles. The van der Waals surface area contributed by atoms with Crippen molar-refractivity contribution in [3.05, 3.63) is 48.2 Å². The van der Waals surface area contributed by atoms with Gasteiger partial charge in [-0.2, -0.15) is 0 Å². The van der Waals surface area contributed by atoms with Crippen LogP contribution in [0.5, 0.6) is 5.75 Å². The normalized spacial score (nSPS) is 11.2. The second kappa shape index (κ2) is 5.27. The van der Waals surface area contributed by atoms with Gasteiger partial charge in [0.15, 0.2) is 5.03 Å². The average molecular weight is 278 g/mol. The van der Waals surface area contributed by atoms with Crippen LogP contribution in [-0.2, 0) is 15.6 Å². The van der Waals surface area contributed by atoms with Crippen LogP contribution >= 0.6 is 0 Å². The number of nitrogens with zero attached hydrogens (tertiary/aromatic N) is 1. The lowest BCUT2D eigenvalue weighted by molar-refractivity contribution is 0.414. The van der Waals surface area contributed by atoms with Gasteiger partial charge in [-0.3, -0.25) is 0 Å². The van der Waals surface area contributed by atoms with Crippen LogP contribution in [0.25, 0.3) is 0 Å². The zero-order chi connectivity index (χ0) is 13.9. The number of benzene rings is 1. The molecule has 2 aromatic rings. The van der Waals surface area contributed by atoms with Gasteiger partial charge in [-0.25, -0.2) is 13.4 Å². The number of hydrogen-bond donors (Lipinski definition) is 1. The lowest BCUT2D eigenvalue weighted by Crippen LogP contribution is -2.09. The maximum absolute atomic E-state index is 12.2. The molecule has 0 bridgehead atoms. The van der Waals surface area contributed by atoms with Crippen LogP contribution < -0.4 is 10.5 Å². The molecule has 5 nitrogen and oxygen atoms in total. The van der Waals surface area contributed by atoms with Gasteiger partial charge in [0.05, 0.1) is 18.6 Å². The van der Waals surface area contributed by atoms with Crippen LogP contribution in [-0.4, -0.2) is 20.5 Å². The summed E-state index contributed by atoms with van der Waals surface area (Å²) >= 11 is 0. The van der Waals surface area contributed by atoms with E-state index in [0.29, 0.717) is 11.3 Å². The van der Waals surface area contributed by atoms with E-state index in [9.17, 15) is 8.42 Å². The Bertz CT molecular complexity index is 667. The van der Waals surface area contributed by atoms with Gasteiger partial charge >= 0.3 is 0 Å². The summed E-state index contributed by atoms with van der Waals surface area (Å²) in [5.74, 6) is 0.538. The molecule has 6 heteroatoms. The largest absolute Gasteiger partial charge is 0.497 e. The number of nitrogens with two attached hydrogens (primary N) is 1. The number of rotatable bonds is 4. The first-order valence-electron chi connectivity index (χ1n) is 5.59. The van der Waals surface area contributed by atoms with Crippen LogP contribution in [0.3, 0.4) is 0 Å². The fourth-order valence-corrected chi connectivity index (χ4v) is 3.09. The molecule has 0 aliphatic rings. The highest BCUT2D eigenvalue weighted by molar-refractivity contribution is 7.90. The van der Waals surface area contributed by atoms with E-state index < -0.39 is 9.84 Å². The topological polar surface area (TPSA) is 82.3 Å². The second-order valence-corrected chi connectivity index (χ2v) is 5.91. The summed E-state index contributed by atoms with van der Waals surface area (Å²) in [7, 11) is -1.98. The first kappa shape index (κ1) is 13.4. The molecule has 1 aromatic heterocycles. The predicted molar refractivity (Wildman–Crippen MR) is 72.5 cm³/mol. The third-order valence-electron chi connectivity index (χ3n) is 2.61. The quantitative estimate of drug-likeness (QED) is 0.919. The van der Waals surface area contributed by atoms with E-state index in [-0.39, 0.29) is 16.5 Å². The van der Waals surface area contributed by atoms with Crippen molar-refractivity contribution in [2.24, 2.45) is 0 Å². The van der Waals surface area contributed by atoms with Crippen molar-refractivity contribution < 1.29 is 13.2 Å². The smallest absolute Gasteiger partial charge is 0.201 e. The van der Waals surface area contributed by atoms with E-state index in [2.05, 4.69) is 4.98 Å². The van der Waals surface area contributed by atoms with Crippen LogP contribution in [0.2, 0.25) is 0 Å². The van der Waals surface area contributed by atoms with Crippen molar-refractivity contribution in [3.63, 3.8) is 0 Å². The molecule has 0 unspecified atom stereocenters. The maximum atomic E-state index is 12.2. The van der Waals surface area contributed by atoms with Gasteiger partial charge in [0.1, 0.15) is 5.75 Å². The Morgan fingerprint density at radius 1 is 1.21 bits per heavy atom. The Morgan fingerprint density at radius 2 is 1.89 bits per heavy atom. The summed E-state index contributed by atoms with van der Waals surface area (Å²) in [6.07, 6.45) is 1.41. The Labute approximate surface area is 112 Å². The molecule has 2 N–H and O–H groups in total. The molecule has 100 valence electrons. The molecule has 1 aromatic carbocycles. The summed E-state index contributed by atoms with van der Waals surface area (Å²) in [5.41, 5.74) is 6.47. The summed E-state index contributed by atoms with van der Waals surface area (Å²) in [5, 5.41) is -0.0779. The van der Waals surface area contributed by atoms with Crippen molar-refractivity contribution in [2.75, 3.05) is 12.8 Å². The summed E-state index contributed by atoms with van der Waals surface area (Å²) < 4.78 is 29.4. The van der Waals surface area contributed by atoms with Crippen molar-refractivity contribution in [3.8, 4) is 5.75 Å². The highest BCUT2D eigenvalue weighted by Crippen LogP contribution is 2.20. The number of anilines is 1. The first-order valence-corrected chi connectivity index (χ1v) is 7.24. The van der Waals surface area contributed by atoms with Gasteiger partial charge in [0.2, 0.25) is 9.84 Å². The van der Waals surface area contributed by atoms with E-state index in [1.165, 1.54) is 12.3 Å². The Balaban J connectivity index is 2.28. The molecular weight excluding hydrogens is 264 g/mol. The molecular formula is C13H14N2O3S. The number of hydrogen-bond acceptors (Lipinski definition) is 5. The van der Waals surface area contributed by atoms with Crippen LogP contribution in [0.15, 0.2) is 47.6 Å². The zero-order valence-corrected chi connectivity index (χ0v) is 11.2. The molecule has 0 aliphatic carbocycles. The lowest BCUT2D eigenvalue weighted by Gasteiger charge is -2.07. The molecule has 0 radical (unpaired) electrons. The minimum absolute atomic E-state index is 0.0779. The second-order valence-electron chi connectivity index (χ2n) is 4.00. The van der Waals surface area contributed by atoms with Gasteiger partial charge in [-0.1, -0.05) is 12.1 Å². The SMILES string of the molecule is COc1ccc(CS(=O)(=O)c2ncccc2N)cc1.